The van der Waals surface area contributed by atoms with Crippen LogP contribution in [0.5, 0.6) is 11.5 Å². The van der Waals surface area contributed by atoms with E-state index in [1.54, 1.807) is 14.2 Å². The monoisotopic (exact) mass is 349 g/mol. The maximum Gasteiger partial charge on any atom is 0.180 e. The van der Waals surface area contributed by atoms with Gasteiger partial charge in [0.1, 0.15) is 6.61 Å². The standard InChI is InChI=1S/C19H24ClNO3/c1-22-10-6-9-21-13-16-11-17(20)19(18(12-16)23-2)24-14-15-7-4-3-5-8-15/h3-5,7-8,11-12,21H,6,9-10,13-14H2,1-2H3. The lowest BCUT2D eigenvalue weighted by atomic mass is 10.2. The number of nitrogens with one attached hydrogen (secondary N) is 1. The summed E-state index contributed by atoms with van der Waals surface area (Å²) in [5, 5.41) is 3.91. The molecule has 24 heavy (non-hydrogen) atoms. The van der Waals surface area contributed by atoms with E-state index < -0.39 is 0 Å². The van der Waals surface area contributed by atoms with Gasteiger partial charge in [-0.2, -0.15) is 0 Å². The molecule has 0 radical (unpaired) electrons. The van der Waals surface area contributed by atoms with Gasteiger partial charge in [-0.1, -0.05) is 41.9 Å². The second kappa shape index (κ2) is 10.2. The number of methoxy groups -OCH3 is 2. The van der Waals surface area contributed by atoms with Crippen molar-refractivity contribution in [2.45, 2.75) is 19.6 Å². The maximum absolute atomic E-state index is 6.39. The minimum atomic E-state index is 0.450. The topological polar surface area (TPSA) is 39.7 Å². The molecule has 0 fully saturated rings. The molecule has 1 N–H and O–H groups in total. The Labute approximate surface area is 148 Å². The first-order valence-electron chi connectivity index (χ1n) is 7.97. The summed E-state index contributed by atoms with van der Waals surface area (Å²) >= 11 is 6.39. The highest BCUT2D eigenvalue weighted by Crippen LogP contribution is 2.37. The van der Waals surface area contributed by atoms with E-state index in [0.717, 1.165) is 37.2 Å². The highest BCUT2D eigenvalue weighted by molar-refractivity contribution is 6.32. The number of halogens is 1. The maximum atomic E-state index is 6.39. The largest absolute Gasteiger partial charge is 0.493 e. The first-order valence-corrected chi connectivity index (χ1v) is 8.35. The van der Waals surface area contributed by atoms with Crippen LogP contribution in [-0.4, -0.2) is 27.4 Å². The van der Waals surface area contributed by atoms with Gasteiger partial charge < -0.3 is 19.5 Å². The summed E-state index contributed by atoms with van der Waals surface area (Å²) in [4.78, 5) is 0. The van der Waals surface area contributed by atoms with E-state index in [2.05, 4.69) is 5.32 Å². The number of hydrogen-bond donors (Lipinski definition) is 1. The minimum absolute atomic E-state index is 0.450. The van der Waals surface area contributed by atoms with E-state index in [1.165, 1.54) is 0 Å². The Bertz CT molecular complexity index is 620. The quantitative estimate of drug-likeness (QED) is 0.657. The van der Waals surface area contributed by atoms with E-state index in [4.69, 9.17) is 25.8 Å². The smallest absolute Gasteiger partial charge is 0.180 e. The molecule has 5 heteroatoms. The van der Waals surface area contributed by atoms with Crippen LogP contribution in [0.25, 0.3) is 0 Å². The molecule has 0 heterocycles. The minimum Gasteiger partial charge on any atom is -0.493 e. The van der Waals surface area contributed by atoms with Crippen molar-refractivity contribution in [3.8, 4) is 11.5 Å². The molecule has 0 atom stereocenters. The van der Waals surface area contributed by atoms with E-state index in [0.29, 0.717) is 23.1 Å². The Kier molecular flexibility index (Phi) is 7.89. The van der Waals surface area contributed by atoms with Crippen LogP contribution < -0.4 is 14.8 Å². The molecule has 0 spiro atoms. The molecular formula is C19H24ClNO3. The van der Waals surface area contributed by atoms with Crippen molar-refractivity contribution in [3.63, 3.8) is 0 Å². The summed E-state index contributed by atoms with van der Waals surface area (Å²) in [6.45, 7) is 2.81. The molecule has 0 amide bonds. The third-order valence-electron chi connectivity index (χ3n) is 3.55. The van der Waals surface area contributed by atoms with Crippen LogP contribution in [0.2, 0.25) is 5.02 Å². The van der Waals surface area contributed by atoms with Gasteiger partial charge in [0.2, 0.25) is 0 Å². The molecule has 0 saturated carbocycles. The van der Waals surface area contributed by atoms with Crippen LogP contribution in [0.4, 0.5) is 0 Å². The van der Waals surface area contributed by atoms with Crippen LogP contribution in [0.1, 0.15) is 17.5 Å². The van der Waals surface area contributed by atoms with Gasteiger partial charge in [0.05, 0.1) is 12.1 Å². The lowest BCUT2D eigenvalue weighted by Gasteiger charge is -2.14. The van der Waals surface area contributed by atoms with Crippen LogP contribution in [-0.2, 0) is 17.9 Å². The van der Waals surface area contributed by atoms with Crippen molar-refractivity contribution in [3.05, 3.63) is 58.6 Å². The predicted molar refractivity (Wildman–Crippen MR) is 97.0 cm³/mol. The van der Waals surface area contributed by atoms with Gasteiger partial charge in [-0.25, -0.2) is 0 Å². The average molecular weight is 350 g/mol. The molecule has 2 aromatic rings. The van der Waals surface area contributed by atoms with E-state index in [-0.39, 0.29) is 0 Å². The van der Waals surface area contributed by atoms with Gasteiger partial charge in [0.25, 0.3) is 0 Å². The summed E-state index contributed by atoms with van der Waals surface area (Å²) in [7, 11) is 3.33. The molecular weight excluding hydrogens is 326 g/mol. The fraction of sp³-hybridized carbons (Fsp3) is 0.368. The Morgan fingerprint density at radius 1 is 1.04 bits per heavy atom. The normalized spacial score (nSPS) is 10.6. The molecule has 0 unspecified atom stereocenters. The van der Waals surface area contributed by atoms with Crippen LogP contribution in [0.3, 0.4) is 0 Å². The molecule has 2 aromatic carbocycles. The number of rotatable bonds is 10. The predicted octanol–water partition coefficient (Wildman–Crippen LogP) is 4.05. The third-order valence-corrected chi connectivity index (χ3v) is 3.83. The average Bonchev–Trinajstić information content (AvgIpc) is 2.61. The van der Waals surface area contributed by atoms with Crippen LogP contribution in [0, 0.1) is 0 Å². The molecule has 0 aliphatic carbocycles. The molecule has 130 valence electrons. The highest BCUT2D eigenvalue weighted by Gasteiger charge is 2.12. The lowest BCUT2D eigenvalue weighted by molar-refractivity contribution is 0.194. The summed E-state index contributed by atoms with van der Waals surface area (Å²) in [5.41, 5.74) is 2.14. The molecule has 0 bridgehead atoms. The van der Waals surface area contributed by atoms with Gasteiger partial charge in [-0.3, -0.25) is 0 Å². The number of hydrogen-bond acceptors (Lipinski definition) is 4. The highest BCUT2D eigenvalue weighted by atomic mass is 35.5. The van der Waals surface area contributed by atoms with Crippen molar-refractivity contribution in [1.29, 1.82) is 0 Å². The zero-order valence-electron chi connectivity index (χ0n) is 14.2. The SMILES string of the molecule is COCCCNCc1cc(Cl)c(OCc2ccccc2)c(OC)c1. The fourth-order valence-electron chi connectivity index (χ4n) is 2.32. The van der Waals surface area contributed by atoms with Crippen LogP contribution >= 0.6 is 11.6 Å². The van der Waals surface area contributed by atoms with Gasteiger partial charge in [-0.15, -0.1) is 0 Å². The van der Waals surface area contributed by atoms with E-state index in [9.17, 15) is 0 Å². The second-order valence-corrected chi connectivity index (χ2v) is 5.81. The van der Waals surface area contributed by atoms with Crippen molar-refractivity contribution < 1.29 is 14.2 Å². The summed E-state index contributed by atoms with van der Waals surface area (Å²) in [6, 6.07) is 13.8. The Morgan fingerprint density at radius 3 is 2.54 bits per heavy atom. The lowest BCUT2D eigenvalue weighted by Crippen LogP contribution is -2.16. The molecule has 0 aliphatic rings. The third kappa shape index (κ3) is 5.71. The first kappa shape index (κ1) is 18.6. The van der Waals surface area contributed by atoms with Gasteiger partial charge in [-0.05, 0) is 36.2 Å². The zero-order chi connectivity index (χ0) is 17.2. The first-order chi connectivity index (χ1) is 11.7. The zero-order valence-corrected chi connectivity index (χ0v) is 14.9. The second-order valence-electron chi connectivity index (χ2n) is 5.41. The van der Waals surface area contributed by atoms with Crippen molar-refractivity contribution in [1.82, 2.24) is 5.32 Å². The summed E-state index contributed by atoms with van der Waals surface area (Å²) < 4.78 is 16.3. The van der Waals surface area contributed by atoms with Crippen molar-refractivity contribution >= 4 is 11.6 Å². The molecule has 0 aliphatic heterocycles. The molecule has 4 nitrogen and oxygen atoms in total. The summed E-state index contributed by atoms with van der Waals surface area (Å²) in [5.74, 6) is 1.22. The van der Waals surface area contributed by atoms with E-state index >= 15 is 0 Å². The van der Waals surface area contributed by atoms with Crippen molar-refractivity contribution in [2.24, 2.45) is 0 Å². The molecule has 2 rings (SSSR count). The molecule has 0 aromatic heterocycles. The number of benzene rings is 2. The Hall–Kier alpha value is -1.75. The van der Waals surface area contributed by atoms with E-state index in [1.807, 2.05) is 42.5 Å². The van der Waals surface area contributed by atoms with Crippen molar-refractivity contribution in [2.75, 3.05) is 27.4 Å². The van der Waals surface area contributed by atoms with Gasteiger partial charge >= 0.3 is 0 Å². The Balaban J connectivity index is 1.98. The summed E-state index contributed by atoms with van der Waals surface area (Å²) in [6.07, 6.45) is 0.972. The van der Waals surface area contributed by atoms with Gasteiger partial charge in [0.15, 0.2) is 11.5 Å². The fourth-order valence-corrected chi connectivity index (χ4v) is 2.61. The molecule has 0 saturated heterocycles. The Morgan fingerprint density at radius 2 is 1.83 bits per heavy atom. The van der Waals surface area contributed by atoms with Crippen LogP contribution in [0.15, 0.2) is 42.5 Å². The number of ether oxygens (including phenoxy) is 3. The van der Waals surface area contributed by atoms with Gasteiger partial charge in [0, 0.05) is 20.3 Å².